The molecule has 1 amide bonds. The lowest BCUT2D eigenvalue weighted by atomic mass is 9.89. The summed E-state index contributed by atoms with van der Waals surface area (Å²) in [5, 5.41) is 2.97. The van der Waals surface area contributed by atoms with Gasteiger partial charge in [-0.2, -0.15) is 0 Å². The molecule has 9 heteroatoms. The smallest absolute Gasteiger partial charge is 0.241 e. The van der Waals surface area contributed by atoms with Crippen molar-refractivity contribution in [2.75, 3.05) is 31.3 Å². The Morgan fingerprint density at radius 3 is 2.48 bits per heavy atom. The molecule has 0 unspecified atom stereocenters. The van der Waals surface area contributed by atoms with Gasteiger partial charge in [0.05, 0.1) is 32.2 Å². The van der Waals surface area contributed by atoms with Crippen molar-refractivity contribution in [3.63, 3.8) is 0 Å². The van der Waals surface area contributed by atoms with Crippen molar-refractivity contribution < 1.29 is 27.4 Å². The maximum atomic E-state index is 12.9. The molecule has 1 atom stereocenters. The maximum absolute atomic E-state index is 12.9. The number of para-hydroxylation sites is 1. The van der Waals surface area contributed by atoms with Gasteiger partial charge < -0.3 is 19.5 Å². The molecule has 0 saturated carbocycles. The number of hydrogen-bond donors (Lipinski definition) is 1. The van der Waals surface area contributed by atoms with Gasteiger partial charge in [-0.3, -0.25) is 9.10 Å². The number of carbonyl (C=O) groups is 1. The van der Waals surface area contributed by atoms with Gasteiger partial charge in [0.2, 0.25) is 15.9 Å². The Hall–Kier alpha value is -2.94. The van der Waals surface area contributed by atoms with Crippen molar-refractivity contribution in [3.8, 4) is 17.2 Å². The molecule has 0 aliphatic carbocycles. The highest BCUT2D eigenvalue weighted by Gasteiger charge is 2.35. The monoisotopic (exact) mass is 448 g/mol. The number of nitrogens with one attached hydrogen (secondary N) is 1. The van der Waals surface area contributed by atoms with Gasteiger partial charge in [-0.15, -0.1) is 0 Å². The van der Waals surface area contributed by atoms with E-state index in [1.165, 1.54) is 20.3 Å². The lowest BCUT2D eigenvalue weighted by molar-refractivity contribution is -0.120. The first-order valence-corrected chi connectivity index (χ1v) is 11.7. The SMILES string of the molecule is COc1ccc(N(CC(=O)N[C@H]2CC(C)(C)Oc3ccccc32)S(C)(=O)=O)cc1OC. The second kappa shape index (κ2) is 8.66. The lowest BCUT2D eigenvalue weighted by Crippen LogP contribution is -2.45. The number of ether oxygens (including phenoxy) is 3. The van der Waals surface area contributed by atoms with Crippen LogP contribution in [0.2, 0.25) is 0 Å². The van der Waals surface area contributed by atoms with Crippen LogP contribution in [0.3, 0.4) is 0 Å². The molecule has 0 fully saturated rings. The van der Waals surface area contributed by atoms with E-state index in [0.29, 0.717) is 29.4 Å². The standard InChI is InChI=1S/C22H28N2O6S/c1-22(2)13-17(16-8-6-7-9-18(16)30-22)23-21(25)14-24(31(5,26)27)15-10-11-19(28-3)20(12-15)29-4/h6-12,17H,13-14H2,1-5H3,(H,23,25)/t17-/m0/s1. The quantitative estimate of drug-likeness (QED) is 0.700. The molecule has 0 spiro atoms. The second-order valence-electron chi connectivity index (χ2n) is 8.03. The van der Waals surface area contributed by atoms with Crippen LogP contribution in [0, 0.1) is 0 Å². The summed E-state index contributed by atoms with van der Waals surface area (Å²) in [5.41, 5.74) is 0.710. The molecular weight excluding hydrogens is 420 g/mol. The van der Waals surface area contributed by atoms with E-state index in [1.54, 1.807) is 12.1 Å². The van der Waals surface area contributed by atoms with Crippen LogP contribution < -0.4 is 23.8 Å². The van der Waals surface area contributed by atoms with E-state index in [1.807, 2.05) is 38.1 Å². The number of methoxy groups -OCH3 is 2. The third-order valence-corrected chi connectivity index (χ3v) is 6.19. The van der Waals surface area contributed by atoms with E-state index in [9.17, 15) is 13.2 Å². The highest BCUT2D eigenvalue weighted by atomic mass is 32.2. The Bertz CT molecular complexity index is 1070. The zero-order chi connectivity index (χ0) is 22.8. The summed E-state index contributed by atoms with van der Waals surface area (Å²) in [4.78, 5) is 12.9. The molecule has 1 heterocycles. The summed E-state index contributed by atoms with van der Waals surface area (Å²) >= 11 is 0. The second-order valence-corrected chi connectivity index (χ2v) is 9.94. The first-order chi connectivity index (χ1) is 14.5. The molecule has 0 radical (unpaired) electrons. The average molecular weight is 449 g/mol. The van der Waals surface area contributed by atoms with Gasteiger partial charge in [0.15, 0.2) is 11.5 Å². The van der Waals surface area contributed by atoms with Crippen molar-refractivity contribution in [1.29, 1.82) is 0 Å². The maximum Gasteiger partial charge on any atom is 0.241 e. The minimum Gasteiger partial charge on any atom is -0.493 e. The van der Waals surface area contributed by atoms with Crippen LogP contribution in [-0.2, 0) is 14.8 Å². The lowest BCUT2D eigenvalue weighted by Gasteiger charge is -2.38. The molecule has 2 aromatic rings. The van der Waals surface area contributed by atoms with Crippen LogP contribution in [0.1, 0.15) is 31.9 Å². The Morgan fingerprint density at radius 2 is 1.84 bits per heavy atom. The molecular formula is C22H28N2O6S. The molecule has 0 bridgehead atoms. The summed E-state index contributed by atoms with van der Waals surface area (Å²) in [7, 11) is -0.776. The number of sulfonamides is 1. The van der Waals surface area contributed by atoms with Crippen molar-refractivity contribution in [1.82, 2.24) is 5.32 Å². The average Bonchev–Trinajstić information content (AvgIpc) is 2.69. The topological polar surface area (TPSA) is 94.2 Å². The summed E-state index contributed by atoms with van der Waals surface area (Å²) in [6, 6.07) is 11.9. The highest BCUT2D eigenvalue weighted by Crippen LogP contribution is 2.39. The van der Waals surface area contributed by atoms with Crippen LogP contribution >= 0.6 is 0 Å². The molecule has 1 N–H and O–H groups in total. The van der Waals surface area contributed by atoms with Crippen molar-refractivity contribution in [2.45, 2.75) is 31.9 Å². The number of rotatable bonds is 7. The van der Waals surface area contributed by atoms with E-state index in [4.69, 9.17) is 14.2 Å². The number of amides is 1. The predicted octanol–water partition coefficient (Wildman–Crippen LogP) is 2.89. The van der Waals surface area contributed by atoms with Gasteiger partial charge in [0, 0.05) is 18.1 Å². The Balaban J connectivity index is 1.85. The van der Waals surface area contributed by atoms with E-state index in [0.717, 1.165) is 16.1 Å². The van der Waals surface area contributed by atoms with Crippen LogP contribution in [0.15, 0.2) is 42.5 Å². The molecule has 168 valence electrons. The molecule has 31 heavy (non-hydrogen) atoms. The largest absolute Gasteiger partial charge is 0.493 e. The molecule has 0 aromatic heterocycles. The third kappa shape index (κ3) is 5.22. The fourth-order valence-electron chi connectivity index (χ4n) is 3.68. The minimum absolute atomic E-state index is 0.292. The first-order valence-electron chi connectivity index (χ1n) is 9.81. The van der Waals surface area contributed by atoms with Gasteiger partial charge >= 0.3 is 0 Å². The third-order valence-electron chi connectivity index (χ3n) is 5.05. The van der Waals surface area contributed by atoms with E-state index >= 15 is 0 Å². The Kier molecular flexibility index (Phi) is 6.35. The normalized spacial score (nSPS) is 17.1. The summed E-state index contributed by atoms with van der Waals surface area (Å²) in [6.45, 7) is 3.54. The zero-order valence-corrected chi connectivity index (χ0v) is 19.2. The number of carbonyl (C=O) groups excluding carboxylic acids is 1. The van der Waals surface area contributed by atoms with Crippen LogP contribution in [-0.4, -0.2) is 46.9 Å². The van der Waals surface area contributed by atoms with Crippen LogP contribution in [0.4, 0.5) is 5.69 Å². The van der Waals surface area contributed by atoms with E-state index in [2.05, 4.69) is 5.32 Å². The van der Waals surface area contributed by atoms with Crippen molar-refractivity contribution in [3.05, 3.63) is 48.0 Å². The van der Waals surface area contributed by atoms with Crippen LogP contribution in [0.25, 0.3) is 0 Å². The number of nitrogens with zero attached hydrogens (tertiary/aromatic N) is 1. The number of anilines is 1. The molecule has 8 nitrogen and oxygen atoms in total. The Labute approximate surface area is 183 Å². The number of benzene rings is 2. The summed E-state index contributed by atoms with van der Waals surface area (Å²) < 4.78 is 42.5. The first kappa shape index (κ1) is 22.7. The van der Waals surface area contributed by atoms with Gasteiger partial charge in [0.1, 0.15) is 17.9 Å². The van der Waals surface area contributed by atoms with Gasteiger partial charge in [0.25, 0.3) is 0 Å². The molecule has 3 rings (SSSR count). The number of hydrogen-bond acceptors (Lipinski definition) is 6. The van der Waals surface area contributed by atoms with Crippen molar-refractivity contribution >= 4 is 21.6 Å². The van der Waals surface area contributed by atoms with Gasteiger partial charge in [-0.1, -0.05) is 18.2 Å². The highest BCUT2D eigenvalue weighted by molar-refractivity contribution is 7.92. The number of fused-ring (bicyclic) bond motifs is 1. The molecule has 1 aliphatic rings. The molecule has 2 aromatic carbocycles. The Morgan fingerprint density at radius 1 is 1.16 bits per heavy atom. The van der Waals surface area contributed by atoms with Gasteiger partial charge in [-0.05, 0) is 32.0 Å². The van der Waals surface area contributed by atoms with Crippen molar-refractivity contribution in [2.24, 2.45) is 0 Å². The fourth-order valence-corrected chi connectivity index (χ4v) is 4.53. The fraction of sp³-hybridized carbons (Fsp3) is 0.409. The zero-order valence-electron chi connectivity index (χ0n) is 18.3. The van der Waals surface area contributed by atoms with E-state index in [-0.39, 0.29) is 12.6 Å². The van der Waals surface area contributed by atoms with Crippen LogP contribution in [0.5, 0.6) is 17.2 Å². The summed E-state index contributed by atoms with van der Waals surface area (Å²) in [5.74, 6) is 1.13. The van der Waals surface area contributed by atoms with Gasteiger partial charge in [-0.25, -0.2) is 8.42 Å². The summed E-state index contributed by atoms with van der Waals surface area (Å²) in [6.07, 6.45) is 1.62. The molecule has 0 saturated heterocycles. The van der Waals surface area contributed by atoms with E-state index < -0.39 is 21.5 Å². The predicted molar refractivity (Wildman–Crippen MR) is 118 cm³/mol. The molecule has 1 aliphatic heterocycles. The minimum atomic E-state index is -3.73.